The highest BCUT2D eigenvalue weighted by Gasteiger charge is 2.23. The first kappa shape index (κ1) is 16.6. The molecule has 0 amide bonds. The van der Waals surface area contributed by atoms with Gasteiger partial charge in [0.1, 0.15) is 6.33 Å². The van der Waals surface area contributed by atoms with Crippen LogP contribution in [0.2, 0.25) is 5.02 Å². The van der Waals surface area contributed by atoms with Crippen LogP contribution >= 0.6 is 11.6 Å². The second-order valence-corrected chi connectivity index (χ2v) is 5.40. The highest BCUT2D eigenvalue weighted by atomic mass is 35.5. The molecule has 3 aromatic rings. The van der Waals surface area contributed by atoms with Crippen molar-refractivity contribution in [1.82, 2.24) is 15.0 Å². The van der Waals surface area contributed by atoms with E-state index in [-0.39, 0.29) is 17.3 Å². The van der Waals surface area contributed by atoms with Crippen molar-refractivity contribution < 1.29 is 4.92 Å². The highest BCUT2D eigenvalue weighted by molar-refractivity contribution is 6.31. The second kappa shape index (κ2) is 7.54. The number of benzene rings is 1. The summed E-state index contributed by atoms with van der Waals surface area (Å²) in [4.78, 5) is 22.9. The van der Waals surface area contributed by atoms with Crippen molar-refractivity contribution in [2.45, 2.75) is 6.54 Å². The summed E-state index contributed by atoms with van der Waals surface area (Å²) in [5, 5.41) is 17.9. The van der Waals surface area contributed by atoms with Gasteiger partial charge in [0.15, 0.2) is 0 Å². The molecule has 3 rings (SSSR count). The predicted octanol–water partition coefficient (Wildman–Crippen LogP) is 3.79. The fraction of sp³-hybridized carbons (Fsp3) is 0.0625. The van der Waals surface area contributed by atoms with E-state index in [4.69, 9.17) is 11.6 Å². The fourth-order valence-electron chi connectivity index (χ4n) is 2.17. The van der Waals surface area contributed by atoms with Gasteiger partial charge in [-0.2, -0.15) is 0 Å². The number of hydrogen-bond donors (Lipinski definition) is 2. The molecule has 0 radical (unpaired) electrons. The summed E-state index contributed by atoms with van der Waals surface area (Å²) in [5.74, 6) is 0.181. The molecule has 2 N–H and O–H groups in total. The van der Waals surface area contributed by atoms with Crippen LogP contribution in [0.4, 0.5) is 23.0 Å². The molecule has 0 saturated carbocycles. The van der Waals surface area contributed by atoms with Gasteiger partial charge in [0.05, 0.1) is 16.8 Å². The molecule has 0 aliphatic carbocycles. The number of rotatable bonds is 6. The predicted molar refractivity (Wildman–Crippen MR) is 95.0 cm³/mol. The first-order valence-electron chi connectivity index (χ1n) is 7.29. The minimum atomic E-state index is -0.534. The quantitative estimate of drug-likeness (QED) is 0.511. The van der Waals surface area contributed by atoms with Crippen LogP contribution in [0.1, 0.15) is 5.56 Å². The minimum absolute atomic E-state index is 0.0784. The van der Waals surface area contributed by atoms with Crippen molar-refractivity contribution in [3.05, 3.63) is 75.8 Å². The Balaban J connectivity index is 1.87. The number of nitrogens with zero attached hydrogens (tertiary/aromatic N) is 4. The number of nitro groups is 1. The molecule has 0 saturated heterocycles. The topological polar surface area (TPSA) is 106 Å². The van der Waals surface area contributed by atoms with E-state index in [9.17, 15) is 10.1 Å². The summed E-state index contributed by atoms with van der Waals surface area (Å²) in [6.45, 7) is 0.295. The molecule has 1 aromatic carbocycles. The molecule has 0 aliphatic heterocycles. The molecule has 0 fully saturated rings. The lowest BCUT2D eigenvalue weighted by Gasteiger charge is -2.10. The van der Waals surface area contributed by atoms with Crippen LogP contribution in [0.15, 0.2) is 55.1 Å². The Kier molecular flexibility index (Phi) is 5.00. The molecular weight excluding hydrogens is 344 g/mol. The van der Waals surface area contributed by atoms with Crippen molar-refractivity contribution in [2.24, 2.45) is 0 Å². The summed E-state index contributed by atoms with van der Waals surface area (Å²) in [5.41, 5.74) is 1.14. The molecule has 2 heterocycles. The van der Waals surface area contributed by atoms with Gasteiger partial charge in [0.25, 0.3) is 0 Å². The van der Waals surface area contributed by atoms with Gasteiger partial charge in [-0.1, -0.05) is 29.8 Å². The lowest BCUT2D eigenvalue weighted by molar-refractivity contribution is -0.383. The minimum Gasteiger partial charge on any atom is -0.360 e. The zero-order chi connectivity index (χ0) is 17.6. The Hall–Kier alpha value is -3.26. The largest absolute Gasteiger partial charge is 0.360 e. The first-order chi connectivity index (χ1) is 12.1. The van der Waals surface area contributed by atoms with Gasteiger partial charge in [-0.05, 0) is 23.8 Å². The van der Waals surface area contributed by atoms with Crippen LogP contribution in [-0.4, -0.2) is 19.9 Å². The van der Waals surface area contributed by atoms with Gasteiger partial charge >= 0.3 is 5.69 Å². The maximum atomic E-state index is 11.5. The van der Waals surface area contributed by atoms with E-state index < -0.39 is 4.92 Å². The van der Waals surface area contributed by atoms with Gasteiger partial charge in [-0.15, -0.1) is 0 Å². The van der Waals surface area contributed by atoms with Gasteiger partial charge in [0.2, 0.25) is 11.6 Å². The summed E-state index contributed by atoms with van der Waals surface area (Å²) in [7, 11) is 0. The Morgan fingerprint density at radius 3 is 2.64 bits per heavy atom. The molecule has 0 unspecified atom stereocenters. The Morgan fingerprint density at radius 2 is 1.92 bits per heavy atom. The Morgan fingerprint density at radius 1 is 1.12 bits per heavy atom. The van der Waals surface area contributed by atoms with Gasteiger partial charge in [-0.3, -0.25) is 15.1 Å². The highest BCUT2D eigenvalue weighted by Crippen LogP contribution is 2.31. The average molecular weight is 357 g/mol. The molecule has 0 atom stereocenters. The Labute approximate surface area is 148 Å². The molecule has 25 heavy (non-hydrogen) atoms. The third-order valence-corrected chi connectivity index (χ3v) is 3.70. The van der Waals surface area contributed by atoms with E-state index in [2.05, 4.69) is 25.6 Å². The lowest BCUT2D eigenvalue weighted by Crippen LogP contribution is -2.08. The molecule has 0 bridgehead atoms. The van der Waals surface area contributed by atoms with E-state index in [0.717, 1.165) is 5.56 Å². The van der Waals surface area contributed by atoms with E-state index >= 15 is 0 Å². The van der Waals surface area contributed by atoms with Crippen LogP contribution in [0, 0.1) is 10.1 Å². The second-order valence-electron chi connectivity index (χ2n) is 4.99. The molecule has 9 heteroatoms. The smallest absolute Gasteiger partial charge is 0.353 e. The number of aromatic nitrogens is 3. The third-order valence-electron chi connectivity index (χ3n) is 3.33. The molecule has 0 spiro atoms. The maximum Gasteiger partial charge on any atom is 0.353 e. The van der Waals surface area contributed by atoms with Gasteiger partial charge in [-0.25, -0.2) is 9.97 Å². The number of hydrogen-bond acceptors (Lipinski definition) is 7. The first-order valence-corrected chi connectivity index (χ1v) is 7.66. The van der Waals surface area contributed by atoms with Gasteiger partial charge < -0.3 is 10.6 Å². The van der Waals surface area contributed by atoms with Crippen LogP contribution in [0.3, 0.4) is 0 Å². The molecular formula is C16H13ClN6O2. The maximum absolute atomic E-state index is 11.5. The molecule has 8 nitrogen and oxygen atoms in total. The van der Waals surface area contributed by atoms with Crippen LogP contribution in [0.25, 0.3) is 0 Å². The van der Waals surface area contributed by atoms with Gasteiger partial charge in [0, 0.05) is 17.8 Å². The van der Waals surface area contributed by atoms with E-state index in [1.165, 1.54) is 6.33 Å². The summed E-state index contributed by atoms with van der Waals surface area (Å²) >= 11 is 6.11. The van der Waals surface area contributed by atoms with Crippen molar-refractivity contribution in [3.8, 4) is 0 Å². The monoisotopic (exact) mass is 356 g/mol. The average Bonchev–Trinajstić information content (AvgIpc) is 2.62. The summed E-state index contributed by atoms with van der Waals surface area (Å²) in [6, 6.07) is 10.7. The molecule has 126 valence electrons. The van der Waals surface area contributed by atoms with E-state index in [1.807, 2.05) is 18.2 Å². The number of anilines is 3. The lowest BCUT2D eigenvalue weighted by atomic mass is 10.2. The molecule has 0 aliphatic rings. The number of halogens is 1. The fourth-order valence-corrected chi connectivity index (χ4v) is 2.37. The number of nitrogens with one attached hydrogen (secondary N) is 2. The van der Waals surface area contributed by atoms with Crippen molar-refractivity contribution in [3.63, 3.8) is 0 Å². The SMILES string of the molecule is O=[N+]([O-])c1c(NCc2ccccc2Cl)ncnc1Nc1cccnc1. The number of pyridine rings is 1. The standard InChI is InChI=1S/C16H13ClN6O2/c17-13-6-2-1-4-11(13)8-19-15-14(23(24)25)16(21-10-20-15)22-12-5-3-7-18-9-12/h1-7,9-10H,8H2,(H2,19,20,21,22). The van der Waals surface area contributed by atoms with E-state index in [1.54, 1.807) is 30.6 Å². The van der Waals surface area contributed by atoms with Crippen LogP contribution in [0.5, 0.6) is 0 Å². The van der Waals surface area contributed by atoms with Crippen LogP contribution in [-0.2, 0) is 6.54 Å². The van der Waals surface area contributed by atoms with Crippen molar-refractivity contribution in [2.75, 3.05) is 10.6 Å². The normalized spacial score (nSPS) is 10.3. The van der Waals surface area contributed by atoms with Crippen molar-refractivity contribution in [1.29, 1.82) is 0 Å². The van der Waals surface area contributed by atoms with Crippen LogP contribution < -0.4 is 10.6 Å². The summed E-state index contributed by atoms with van der Waals surface area (Å²) < 4.78 is 0. The zero-order valence-corrected chi connectivity index (χ0v) is 13.6. The van der Waals surface area contributed by atoms with E-state index in [0.29, 0.717) is 17.3 Å². The Bertz CT molecular complexity index is 891. The molecule has 2 aromatic heterocycles. The summed E-state index contributed by atoms with van der Waals surface area (Å²) in [6.07, 6.45) is 4.40. The third kappa shape index (κ3) is 3.99. The zero-order valence-electron chi connectivity index (χ0n) is 12.9. The van der Waals surface area contributed by atoms with Crippen molar-refractivity contribution >= 4 is 34.6 Å².